The Kier molecular flexibility index (Phi) is 4.52. The third kappa shape index (κ3) is 3.25. The van der Waals surface area contributed by atoms with E-state index in [0.717, 1.165) is 16.5 Å². The summed E-state index contributed by atoms with van der Waals surface area (Å²) >= 11 is 5.08. The number of nitrogens with one attached hydrogen (secondary N) is 1. The fourth-order valence-electron chi connectivity index (χ4n) is 3.41. The molecule has 2 aromatic rings. The minimum Gasteiger partial charge on any atom is -0.315 e. The van der Waals surface area contributed by atoms with Gasteiger partial charge in [-0.3, -0.25) is 14.9 Å². The lowest BCUT2D eigenvalue weighted by atomic mass is 10.2. The van der Waals surface area contributed by atoms with E-state index >= 15 is 0 Å². The maximum Gasteiger partial charge on any atom is 0.250 e. The predicted octanol–water partition coefficient (Wildman–Crippen LogP) is 2.48. The number of benzene rings is 1. The Hall–Kier alpha value is -1.87. The van der Waals surface area contributed by atoms with Crippen molar-refractivity contribution in [3.8, 4) is 0 Å². The first kappa shape index (κ1) is 17.5. The fourth-order valence-corrected chi connectivity index (χ4v) is 5.11. The fraction of sp³-hybridized carbons (Fsp3) is 0.412. The van der Waals surface area contributed by atoms with Gasteiger partial charge in [-0.1, -0.05) is 28.1 Å². The summed E-state index contributed by atoms with van der Waals surface area (Å²) in [7, 11) is 0. The molecule has 2 aliphatic rings. The van der Waals surface area contributed by atoms with Crippen LogP contribution in [0.3, 0.4) is 0 Å². The van der Waals surface area contributed by atoms with E-state index < -0.39 is 6.04 Å². The summed E-state index contributed by atoms with van der Waals surface area (Å²) in [5, 5.41) is 7.07. The molecule has 9 heteroatoms. The van der Waals surface area contributed by atoms with Gasteiger partial charge in [0.15, 0.2) is 0 Å². The van der Waals surface area contributed by atoms with Gasteiger partial charge >= 0.3 is 0 Å². The highest BCUT2D eigenvalue weighted by atomic mass is 79.9. The molecule has 136 valence electrons. The molecule has 4 rings (SSSR count). The molecule has 7 nitrogen and oxygen atoms in total. The molecule has 2 aliphatic heterocycles. The summed E-state index contributed by atoms with van der Waals surface area (Å²) in [5.74, 6) is 0.690. The number of halogens is 1. The van der Waals surface area contributed by atoms with E-state index in [1.54, 1.807) is 27.7 Å². The molecule has 2 unspecified atom stereocenters. The van der Waals surface area contributed by atoms with E-state index in [4.69, 9.17) is 0 Å². The first-order chi connectivity index (χ1) is 12.4. The molecular weight excluding hydrogens is 418 g/mol. The number of nitrogens with zero attached hydrogens (tertiary/aromatic N) is 4. The molecule has 0 aliphatic carbocycles. The van der Waals surface area contributed by atoms with Gasteiger partial charge in [-0.2, -0.15) is 0 Å². The van der Waals surface area contributed by atoms with Crippen LogP contribution in [0.1, 0.15) is 25.3 Å². The zero-order valence-electron chi connectivity index (χ0n) is 14.2. The average molecular weight is 436 g/mol. The molecular formula is C17H18BrN5O2S. The van der Waals surface area contributed by atoms with Crippen molar-refractivity contribution >= 4 is 45.5 Å². The third-order valence-corrected chi connectivity index (χ3v) is 6.81. The van der Waals surface area contributed by atoms with Gasteiger partial charge in [0.25, 0.3) is 0 Å². The number of hydrogen-bond acceptors (Lipinski definition) is 5. The highest BCUT2D eigenvalue weighted by Crippen LogP contribution is 2.47. The quantitative estimate of drug-likeness (QED) is 0.797. The second kappa shape index (κ2) is 6.70. The Labute approximate surface area is 163 Å². The van der Waals surface area contributed by atoms with Crippen molar-refractivity contribution in [3.05, 3.63) is 40.6 Å². The maximum absolute atomic E-state index is 12.6. The van der Waals surface area contributed by atoms with Gasteiger partial charge in [-0.05, 0) is 31.0 Å². The van der Waals surface area contributed by atoms with Crippen LogP contribution in [-0.4, -0.2) is 48.1 Å². The predicted molar refractivity (Wildman–Crippen MR) is 103 cm³/mol. The van der Waals surface area contributed by atoms with Crippen LogP contribution in [0.25, 0.3) is 0 Å². The molecule has 2 saturated heterocycles. The van der Waals surface area contributed by atoms with Gasteiger partial charge in [-0.25, -0.2) is 9.67 Å². The molecule has 0 radical (unpaired) electrons. The second-order valence-electron chi connectivity index (χ2n) is 6.65. The third-order valence-electron chi connectivity index (χ3n) is 4.78. The van der Waals surface area contributed by atoms with Crippen LogP contribution >= 0.6 is 27.7 Å². The Bertz CT molecular complexity index is 855. The largest absolute Gasteiger partial charge is 0.315 e. The number of carbonyl (C=O) groups excluding carboxylic acids is 2. The zero-order chi connectivity index (χ0) is 18.3. The summed E-state index contributed by atoms with van der Waals surface area (Å²) in [6.07, 6.45) is 2.89. The monoisotopic (exact) mass is 435 g/mol. The highest BCUT2D eigenvalue weighted by molar-refractivity contribution is 9.10. The molecule has 3 heterocycles. The van der Waals surface area contributed by atoms with Crippen LogP contribution in [0.4, 0.5) is 5.95 Å². The molecule has 0 bridgehead atoms. The molecule has 2 amide bonds. The number of amides is 2. The lowest BCUT2D eigenvalue weighted by Crippen LogP contribution is -2.48. The van der Waals surface area contributed by atoms with Crippen molar-refractivity contribution in [3.63, 3.8) is 0 Å². The molecule has 2 fully saturated rings. The van der Waals surface area contributed by atoms with Crippen LogP contribution in [0.2, 0.25) is 0 Å². The first-order valence-corrected chi connectivity index (χ1v) is 10.1. The van der Waals surface area contributed by atoms with Crippen LogP contribution in [-0.2, 0) is 16.1 Å². The molecule has 1 N–H and O–H groups in total. The Morgan fingerprint density at radius 2 is 2.19 bits per heavy atom. The van der Waals surface area contributed by atoms with E-state index in [0.29, 0.717) is 18.7 Å². The zero-order valence-corrected chi connectivity index (χ0v) is 16.6. The van der Waals surface area contributed by atoms with Crippen molar-refractivity contribution in [2.45, 2.75) is 37.2 Å². The van der Waals surface area contributed by atoms with Gasteiger partial charge in [0.05, 0.1) is 11.4 Å². The second-order valence-corrected chi connectivity index (χ2v) is 9.06. The Morgan fingerprint density at radius 1 is 1.42 bits per heavy atom. The topological polar surface area (TPSA) is 80.1 Å². The van der Waals surface area contributed by atoms with Gasteiger partial charge in [0.1, 0.15) is 12.4 Å². The van der Waals surface area contributed by atoms with E-state index in [1.165, 1.54) is 0 Å². The highest BCUT2D eigenvalue weighted by Gasteiger charge is 2.52. The molecule has 0 saturated carbocycles. The lowest BCUT2D eigenvalue weighted by Gasteiger charge is -2.29. The van der Waals surface area contributed by atoms with E-state index in [2.05, 4.69) is 31.3 Å². The van der Waals surface area contributed by atoms with Gasteiger partial charge in [0.2, 0.25) is 17.8 Å². The molecule has 2 atom stereocenters. The first-order valence-electron chi connectivity index (χ1n) is 8.35. The minimum atomic E-state index is -0.460. The smallest absolute Gasteiger partial charge is 0.250 e. The normalized spacial score (nSPS) is 24.8. The summed E-state index contributed by atoms with van der Waals surface area (Å²) in [4.78, 5) is 30.4. The summed E-state index contributed by atoms with van der Waals surface area (Å²) in [5.41, 5.74) is 1.08. The van der Waals surface area contributed by atoms with E-state index in [1.807, 2.05) is 31.2 Å². The summed E-state index contributed by atoms with van der Waals surface area (Å²) < 4.78 is 2.69. The van der Waals surface area contributed by atoms with Crippen molar-refractivity contribution in [1.82, 2.24) is 19.7 Å². The molecule has 1 aromatic carbocycles. The number of rotatable bonds is 4. The standard InChI is InChI=1S/C17H18BrN5O2S/c1-17-7-6-14(24)23(17)13(9-26-17)15(25)20-16-19-10-22(21-16)8-11-2-4-12(18)5-3-11/h2-5,10,13H,6-9H2,1H3,(H,20,21,25). The number of aromatic nitrogens is 3. The lowest BCUT2D eigenvalue weighted by molar-refractivity contribution is -0.135. The van der Waals surface area contributed by atoms with Crippen molar-refractivity contribution in [2.75, 3.05) is 11.1 Å². The average Bonchev–Trinajstić information content (AvgIpc) is 3.26. The van der Waals surface area contributed by atoms with Gasteiger partial charge < -0.3 is 4.90 Å². The summed E-state index contributed by atoms with van der Waals surface area (Å²) in [6.45, 7) is 2.60. The molecule has 0 spiro atoms. The number of carbonyl (C=O) groups is 2. The van der Waals surface area contributed by atoms with Crippen LogP contribution in [0.15, 0.2) is 35.1 Å². The summed E-state index contributed by atoms with van der Waals surface area (Å²) in [6, 6.07) is 7.48. The molecule has 26 heavy (non-hydrogen) atoms. The van der Waals surface area contributed by atoms with Crippen LogP contribution in [0, 0.1) is 0 Å². The Morgan fingerprint density at radius 3 is 2.96 bits per heavy atom. The van der Waals surface area contributed by atoms with Gasteiger partial charge in [0, 0.05) is 16.6 Å². The number of hydrogen-bond donors (Lipinski definition) is 1. The maximum atomic E-state index is 12.6. The van der Waals surface area contributed by atoms with Crippen LogP contribution < -0.4 is 5.32 Å². The minimum absolute atomic E-state index is 0.0476. The molecule has 1 aromatic heterocycles. The SMILES string of the molecule is CC12CCC(=O)N1C(C(=O)Nc1ncn(Cc3ccc(Br)cc3)n1)CS2. The number of anilines is 1. The number of thioether (sulfide) groups is 1. The van der Waals surface area contributed by atoms with Crippen LogP contribution in [0.5, 0.6) is 0 Å². The van der Waals surface area contributed by atoms with Crippen molar-refractivity contribution in [2.24, 2.45) is 0 Å². The van der Waals surface area contributed by atoms with E-state index in [9.17, 15) is 9.59 Å². The Balaban J connectivity index is 1.42. The van der Waals surface area contributed by atoms with Crippen molar-refractivity contribution < 1.29 is 9.59 Å². The van der Waals surface area contributed by atoms with Gasteiger partial charge in [-0.15, -0.1) is 16.9 Å². The van der Waals surface area contributed by atoms with E-state index in [-0.39, 0.29) is 22.6 Å². The number of fused-ring (bicyclic) bond motifs is 1. The van der Waals surface area contributed by atoms with Crippen molar-refractivity contribution in [1.29, 1.82) is 0 Å².